The van der Waals surface area contributed by atoms with Crippen LogP contribution in [0.25, 0.3) is 0 Å². The molecule has 3 heteroatoms. The van der Waals surface area contributed by atoms with E-state index in [9.17, 15) is 4.21 Å². The summed E-state index contributed by atoms with van der Waals surface area (Å²) in [6.45, 7) is 11.0. The van der Waals surface area contributed by atoms with Gasteiger partial charge in [-0.25, -0.2) is 0 Å². The third-order valence-corrected chi connectivity index (χ3v) is 7.62. The van der Waals surface area contributed by atoms with E-state index in [2.05, 4.69) is 33.0 Å². The molecule has 0 amide bonds. The maximum absolute atomic E-state index is 12.5. The Hall–Kier alpha value is 0.110. The molecule has 1 N–H and O–H groups in total. The van der Waals surface area contributed by atoms with Crippen LogP contribution in [0, 0.1) is 10.8 Å². The van der Waals surface area contributed by atoms with Gasteiger partial charge in [0.25, 0.3) is 0 Å². The maximum atomic E-state index is 12.5. The molecule has 2 nitrogen and oxygen atoms in total. The van der Waals surface area contributed by atoms with Gasteiger partial charge >= 0.3 is 0 Å². The van der Waals surface area contributed by atoms with Crippen LogP contribution >= 0.6 is 0 Å². The molecule has 2 rings (SSSR count). The Morgan fingerprint density at radius 2 is 1.72 bits per heavy atom. The molecule has 1 heterocycles. The Kier molecular flexibility index (Phi) is 3.95. The SMILES string of the molecule is CC(C)(C)[S@@](=O)CC1(C)CCCC12CCNCC2. The molecule has 0 radical (unpaired) electrons. The first-order valence-electron chi connectivity index (χ1n) is 7.38. The van der Waals surface area contributed by atoms with Crippen molar-refractivity contribution in [3.05, 3.63) is 0 Å². The summed E-state index contributed by atoms with van der Waals surface area (Å²) >= 11 is 0. The lowest BCUT2D eigenvalue weighted by Crippen LogP contribution is -2.47. The molecule has 18 heavy (non-hydrogen) atoms. The summed E-state index contributed by atoms with van der Waals surface area (Å²) in [7, 11) is -0.715. The molecule has 2 fully saturated rings. The Morgan fingerprint density at radius 3 is 2.28 bits per heavy atom. The van der Waals surface area contributed by atoms with Crippen molar-refractivity contribution in [1.29, 1.82) is 0 Å². The van der Waals surface area contributed by atoms with Crippen LogP contribution in [-0.4, -0.2) is 27.8 Å². The van der Waals surface area contributed by atoms with E-state index in [-0.39, 0.29) is 4.75 Å². The number of hydrogen-bond acceptors (Lipinski definition) is 2. The maximum Gasteiger partial charge on any atom is 0.0375 e. The van der Waals surface area contributed by atoms with E-state index in [1.807, 2.05) is 0 Å². The van der Waals surface area contributed by atoms with Crippen molar-refractivity contribution in [2.45, 2.75) is 64.5 Å². The van der Waals surface area contributed by atoms with Crippen LogP contribution in [-0.2, 0) is 10.8 Å². The molecule has 1 saturated carbocycles. The van der Waals surface area contributed by atoms with E-state index in [4.69, 9.17) is 0 Å². The molecule has 2 atom stereocenters. The van der Waals surface area contributed by atoms with E-state index in [1.165, 1.54) is 32.1 Å². The summed E-state index contributed by atoms with van der Waals surface area (Å²) < 4.78 is 12.5. The normalized spacial score (nSPS) is 33.8. The highest BCUT2D eigenvalue weighted by Crippen LogP contribution is 2.58. The van der Waals surface area contributed by atoms with Gasteiger partial charge in [0.15, 0.2) is 0 Å². The molecular weight excluding hydrogens is 242 g/mol. The summed E-state index contributed by atoms with van der Waals surface area (Å²) in [5.41, 5.74) is 0.770. The molecule has 106 valence electrons. The van der Waals surface area contributed by atoms with Gasteiger partial charge in [-0.3, -0.25) is 4.21 Å². The van der Waals surface area contributed by atoms with Crippen LogP contribution < -0.4 is 5.32 Å². The Bertz CT molecular complexity index is 328. The summed E-state index contributed by atoms with van der Waals surface area (Å²) in [5.74, 6) is 0.899. The van der Waals surface area contributed by atoms with Gasteiger partial charge in [0.05, 0.1) is 0 Å². The third kappa shape index (κ3) is 2.53. The minimum Gasteiger partial charge on any atom is -0.317 e. The number of rotatable bonds is 2. The first-order chi connectivity index (χ1) is 8.29. The fourth-order valence-corrected chi connectivity index (χ4v) is 5.34. The largest absolute Gasteiger partial charge is 0.317 e. The zero-order valence-corrected chi connectivity index (χ0v) is 13.3. The molecule has 0 aromatic carbocycles. The topological polar surface area (TPSA) is 29.1 Å². The summed E-state index contributed by atoms with van der Waals surface area (Å²) in [5, 5.41) is 3.48. The van der Waals surface area contributed by atoms with Crippen LogP contribution in [0.3, 0.4) is 0 Å². The Balaban J connectivity index is 2.16. The van der Waals surface area contributed by atoms with Gasteiger partial charge in [-0.05, 0) is 70.4 Å². The predicted molar refractivity (Wildman–Crippen MR) is 79.3 cm³/mol. The van der Waals surface area contributed by atoms with Crippen LogP contribution in [0.5, 0.6) is 0 Å². The molecule has 2 aliphatic rings. The van der Waals surface area contributed by atoms with Gasteiger partial charge in [-0.1, -0.05) is 13.3 Å². The first kappa shape index (κ1) is 14.5. The summed E-state index contributed by atoms with van der Waals surface area (Å²) in [6.07, 6.45) is 6.52. The van der Waals surface area contributed by atoms with Gasteiger partial charge < -0.3 is 5.32 Å². The lowest BCUT2D eigenvalue weighted by Gasteiger charge is -2.47. The third-order valence-electron chi connectivity index (χ3n) is 5.36. The molecule has 1 saturated heterocycles. The van der Waals surface area contributed by atoms with E-state index in [0.717, 1.165) is 18.8 Å². The summed E-state index contributed by atoms with van der Waals surface area (Å²) in [4.78, 5) is 0. The minimum absolute atomic E-state index is 0.0697. The highest BCUT2D eigenvalue weighted by molar-refractivity contribution is 7.86. The van der Waals surface area contributed by atoms with Gasteiger partial charge in [0.2, 0.25) is 0 Å². The molecule has 0 aromatic rings. The monoisotopic (exact) mass is 271 g/mol. The van der Waals surface area contributed by atoms with E-state index >= 15 is 0 Å². The van der Waals surface area contributed by atoms with Crippen molar-refractivity contribution in [2.24, 2.45) is 10.8 Å². The van der Waals surface area contributed by atoms with Gasteiger partial charge in [-0.15, -0.1) is 0 Å². The van der Waals surface area contributed by atoms with Crippen molar-refractivity contribution in [3.8, 4) is 0 Å². The van der Waals surface area contributed by atoms with Crippen molar-refractivity contribution in [3.63, 3.8) is 0 Å². The number of piperidine rings is 1. The van der Waals surface area contributed by atoms with Crippen molar-refractivity contribution >= 4 is 10.8 Å². The number of nitrogens with one attached hydrogen (secondary N) is 1. The lowest BCUT2D eigenvalue weighted by atomic mass is 9.63. The quantitative estimate of drug-likeness (QED) is 0.836. The smallest absolute Gasteiger partial charge is 0.0375 e. The average Bonchev–Trinajstić information content (AvgIpc) is 2.56. The van der Waals surface area contributed by atoms with Gasteiger partial charge in [0, 0.05) is 21.3 Å². The van der Waals surface area contributed by atoms with E-state index in [1.54, 1.807) is 0 Å². The van der Waals surface area contributed by atoms with Crippen molar-refractivity contribution in [2.75, 3.05) is 18.8 Å². The van der Waals surface area contributed by atoms with Crippen LogP contribution in [0.2, 0.25) is 0 Å². The van der Waals surface area contributed by atoms with Crippen LogP contribution in [0.1, 0.15) is 59.8 Å². The lowest BCUT2D eigenvalue weighted by molar-refractivity contribution is 0.0706. The minimum atomic E-state index is -0.715. The second-order valence-electron chi connectivity index (χ2n) is 7.55. The fraction of sp³-hybridized carbons (Fsp3) is 1.00. The summed E-state index contributed by atoms with van der Waals surface area (Å²) in [6, 6.07) is 0. The highest BCUT2D eigenvalue weighted by atomic mass is 32.2. The Labute approximate surface area is 115 Å². The molecule has 1 spiro atoms. The Morgan fingerprint density at radius 1 is 1.11 bits per heavy atom. The van der Waals surface area contributed by atoms with E-state index in [0.29, 0.717) is 10.8 Å². The average molecular weight is 271 g/mol. The fourth-order valence-electron chi connectivity index (χ4n) is 3.87. The first-order valence-corrected chi connectivity index (χ1v) is 8.70. The second-order valence-corrected chi connectivity index (χ2v) is 9.75. The second kappa shape index (κ2) is 4.90. The molecule has 1 aliphatic heterocycles. The van der Waals surface area contributed by atoms with Crippen LogP contribution in [0.4, 0.5) is 0 Å². The zero-order chi connectivity index (χ0) is 13.4. The molecule has 1 aliphatic carbocycles. The van der Waals surface area contributed by atoms with Gasteiger partial charge in [-0.2, -0.15) is 0 Å². The number of hydrogen-bond donors (Lipinski definition) is 1. The molecule has 0 aromatic heterocycles. The molecule has 1 unspecified atom stereocenters. The van der Waals surface area contributed by atoms with Crippen molar-refractivity contribution in [1.82, 2.24) is 5.32 Å². The zero-order valence-electron chi connectivity index (χ0n) is 12.5. The predicted octanol–water partition coefficient (Wildman–Crippen LogP) is 3.09. The van der Waals surface area contributed by atoms with Gasteiger partial charge in [0.1, 0.15) is 0 Å². The standard InChI is InChI=1S/C15H29NOS/c1-13(2,3)18(17)12-14(4)6-5-7-15(14)8-10-16-11-9-15/h16H,5-12H2,1-4H3/t14?,18-/m0/s1. The van der Waals surface area contributed by atoms with Crippen molar-refractivity contribution < 1.29 is 4.21 Å². The highest BCUT2D eigenvalue weighted by Gasteiger charge is 2.52. The molecular formula is C15H29NOS. The van der Waals surface area contributed by atoms with E-state index < -0.39 is 10.8 Å². The van der Waals surface area contributed by atoms with Crippen LogP contribution in [0.15, 0.2) is 0 Å². The molecule has 0 bridgehead atoms.